The minimum absolute atomic E-state index is 0.333. The molecule has 0 saturated heterocycles. The summed E-state index contributed by atoms with van der Waals surface area (Å²) < 4.78 is 31.9. The molecule has 0 aliphatic rings. The van der Waals surface area contributed by atoms with Crippen molar-refractivity contribution in [2.45, 2.75) is 0 Å². The van der Waals surface area contributed by atoms with Gasteiger partial charge in [0.15, 0.2) is 11.9 Å². The van der Waals surface area contributed by atoms with Crippen molar-refractivity contribution in [3.05, 3.63) is 0 Å². The fourth-order valence-corrected chi connectivity index (χ4v) is 0. The molecule has 0 amide bonds. The first-order valence-corrected chi connectivity index (χ1v) is 4.53. The number of nitrogens with one attached hydrogen (secondary N) is 2. The summed E-state index contributed by atoms with van der Waals surface area (Å²) in [6, 6.07) is 0. The van der Waals surface area contributed by atoms with E-state index in [0.717, 1.165) is 0 Å². The van der Waals surface area contributed by atoms with E-state index in [0.29, 0.717) is 0 Å². The Bertz CT molecular complexity index is 217. The van der Waals surface area contributed by atoms with E-state index < -0.39 is 13.6 Å². The molecule has 11 heteroatoms. The summed E-state index contributed by atoms with van der Waals surface area (Å²) in [4.78, 5) is 0. The van der Waals surface area contributed by atoms with E-state index in [4.69, 9.17) is 26.7 Å². The Morgan fingerprint density at radius 3 is 0.923 bits per heavy atom. The van der Waals surface area contributed by atoms with Crippen molar-refractivity contribution in [1.82, 2.24) is 0 Å². The zero-order valence-corrected chi connectivity index (χ0v) is 7.70. The molecule has 0 aliphatic heterocycles. The van der Waals surface area contributed by atoms with Crippen LogP contribution in [0.1, 0.15) is 0 Å². The van der Waals surface area contributed by atoms with Gasteiger partial charge in [0.2, 0.25) is 0 Å². The fraction of sp³-hybridized carbons (Fsp3) is 0. The summed E-state index contributed by atoms with van der Waals surface area (Å²) in [7, 11) is 0. The van der Waals surface area contributed by atoms with Crippen LogP contribution in [0.5, 0.6) is 0 Å². The molecule has 0 aliphatic carbocycles. The van der Waals surface area contributed by atoms with Gasteiger partial charge >= 0.3 is 29.5 Å². The molecule has 0 saturated carbocycles. The van der Waals surface area contributed by atoms with Crippen molar-refractivity contribution >= 4 is 11.9 Å². The first kappa shape index (κ1) is 17.6. The second-order valence-electron chi connectivity index (χ2n) is 1.36. The number of rotatable bonds is 0. The van der Waals surface area contributed by atoms with Gasteiger partial charge < -0.3 is 22.9 Å². The summed E-state index contributed by atoms with van der Waals surface area (Å²) in [5.41, 5.74) is 17.9. The third-order valence-electron chi connectivity index (χ3n) is 0. The number of hydrogen-bond acceptors (Lipinski definition) is 4. The van der Waals surface area contributed by atoms with Crippen molar-refractivity contribution in [2.75, 3.05) is 0 Å². The second-order valence-corrected chi connectivity index (χ2v) is 2.76. The van der Waals surface area contributed by atoms with Crippen LogP contribution in [0.3, 0.4) is 0 Å². The predicted molar refractivity (Wildman–Crippen MR) is 38.0 cm³/mol. The van der Waals surface area contributed by atoms with Crippen LogP contribution >= 0.6 is 0 Å². The quantitative estimate of drug-likeness (QED) is 0.154. The normalized spacial score (nSPS) is 8.15. The van der Waals surface area contributed by atoms with Crippen LogP contribution in [0.4, 0.5) is 0 Å². The molecule has 13 heavy (non-hydrogen) atoms. The van der Waals surface area contributed by atoms with Gasteiger partial charge in [0.25, 0.3) is 0 Å². The van der Waals surface area contributed by atoms with Crippen LogP contribution in [0.2, 0.25) is 0 Å². The van der Waals surface area contributed by atoms with E-state index in [1.54, 1.807) is 0 Å². The topological polar surface area (TPSA) is 226 Å². The van der Waals surface area contributed by atoms with Crippen molar-refractivity contribution < 1.29 is 29.5 Å². The Balaban J connectivity index is -0.000000117. The van der Waals surface area contributed by atoms with Gasteiger partial charge in [-0.15, -0.1) is 0 Å². The molecule has 80 valence electrons. The van der Waals surface area contributed by atoms with Crippen molar-refractivity contribution in [1.29, 1.82) is 10.8 Å². The molecule has 0 aromatic carbocycles. The maximum absolute atomic E-state index is 8.82. The number of guanidine groups is 2. The Hall–Kier alpha value is -1.41. The average molecular weight is 236 g/mol. The van der Waals surface area contributed by atoms with Crippen LogP contribution in [0.15, 0.2) is 0 Å². The van der Waals surface area contributed by atoms with Crippen molar-refractivity contribution in [3.8, 4) is 0 Å². The van der Waals surface area contributed by atoms with E-state index in [-0.39, 0.29) is 11.9 Å². The van der Waals surface area contributed by atoms with Gasteiger partial charge in [-0.3, -0.25) is 10.8 Å². The Morgan fingerprint density at radius 2 is 0.923 bits per heavy atom. The summed E-state index contributed by atoms with van der Waals surface area (Å²) in [5, 5.41) is 12.1. The summed E-state index contributed by atoms with van der Waals surface area (Å²) >= 11 is -5.25. The molecule has 0 aromatic rings. The van der Waals surface area contributed by atoms with E-state index in [2.05, 4.69) is 22.9 Å². The summed E-state index contributed by atoms with van der Waals surface area (Å²) in [6.45, 7) is 0. The standard InChI is InChI=1S/2CH5N3.Cr.2H2O.2O/c2*2-1(3)4;;;;;/h2*(H5,2,3,4);;2*1H2;;/q;;+2;;;;/p-2. The molecular weight excluding hydrogens is 224 g/mol. The molecule has 0 rings (SSSR count). The van der Waals surface area contributed by atoms with Gasteiger partial charge in [-0.2, -0.15) is 0 Å². The van der Waals surface area contributed by atoms with Gasteiger partial charge in [-0.1, -0.05) is 0 Å². The third-order valence-corrected chi connectivity index (χ3v) is 0. The van der Waals surface area contributed by atoms with Crippen LogP contribution in [-0.4, -0.2) is 20.2 Å². The zero-order chi connectivity index (χ0) is 11.7. The summed E-state index contributed by atoms with van der Waals surface area (Å²) in [5.74, 6) is -0.667. The van der Waals surface area contributed by atoms with E-state index in [1.165, 1.54) is 0 Å². The predicted octanol–water partition coefficient (Wildman–Crippen LogP) is -3.68. The Kier molecular flexibility index (Phi) is 11.8. The van der Waals surface area contributed by atoms with Gasteiger partial charge in [0.1, 0.15) is 0 Å². The monoisotopic (exact) mass is 236 g/mol. The van der Waals surface area contributed by atoms with Crippen LogP contribution < -0.4 is 22.9 Å². The first-order chi connectivity index (χ1) is 5.46. The molecule has 12 N–H and O–H groups in total. The van der Waals surface area contributed by atoms with E-state index in [9.17, 15) is 0 Å². The van der Waals surface area contributed by atoms with Gasteiger partial charge in [0.05, 0.1) is 0 Å². The van der Waals surface area contributed by atoms with Crippen LogP contribution in [-0.2, 0) is 21.2 Å². The maximum atomic E-state index is 8.82. The van der Waals surface area contributed by atoms with E-state index in [1.807, 2.05) is 0 Å². The molecule has 0 radical (unpaired) electrons. The molecule has 0 bridgehead atoms. The van der Waals surface area contributed by atoms with Crippen molar-refractivity contribution in [3.63, 3.8) is 0 Å². The van der Waals surface area contributed by atoms with Gasteiger partial charge in [-0.05, 0) is 0 Å². The molecular formula is C2H12CrN6O4. The Labute approximate surface area is 75.9 Å². The van der Waals surface area contributed by atoms with Crippen LogP contribution in [0.25, 0.3) is 0 Å². The van der Waals surface area contributed by atoms with E-state index >= 15 is 0 Å². The fourth-order valence-electron chi connectivity index (χ4n) is 0. The minimum atomic E-state index is -5.25. The molecule has 0 atom stereocenters. The molecule has 10 nitrogen and oxygen atoms in total. The molecule has 0 unspecified atom stereocenters. The second kappa shape index (κ2) is 8.69. The molecule has 0 heterocycles. The van der Waals surface area contributed by atoms with Gasteiger partial charge in [0, 0.05) is 0 Å². The van der Waals surface area contributed by atoms with Crippen LogP contribution in [0, 0.1) is 10.8 Å². The zero-order valence-electron chi connectivity index (χ0n) is 6.43. The molecule has 0 spiro atoms. The molecule has 0 fully saturated rings. The Morgan fingerprint density at radius 1 is 0.923 bits per heavy atom. The van der Waals surface area contributed by atoms with Gasteiger partial charge in [-0.25, -0.2) is 0 Å². The SMILES string of the molecule is N=C(N)N.N=C(N)N.[O]=[Cr](=[O])([OH])[OH]. The number of nitrogens with two attached hydrogens (primary N) is 4. The molecule has 0 aromatic heterocycles. The first-order valence-electron chi connectivity index (χ1n) is 2.35. The average Bonchev–Trinajstić information content (AvgIpc) is 1.50. The summed E-state index contributed by atoms with van der Waals surface area (Å²) in [6.07, 6.45) is 0. The number of hydrogen-bond donors (Lipinski definition) is 8. The third kappa shape index (κ3) is 395. The van der Waals surface area contributed by atoms with Crippen molar-refractivity contribution in [2.24, 2.45) is 22.9 Å².